The highest BCUT2D eigenvalue weighted by Gasteiger charge is 2.34. The summed E-state index contributed by atoms with van der Waals surface area (Å²) in [7, 11) is -4.24. The number of likely N-dealkylation sites (tertiary alicyclic amines) is 1. The van der Waals surface area contributed by atoms with Crippen molar-refractivity contribution >= 4 is 39.3 Å². The van der Waals surface area contributed by atoms with Crippen molar-refractivity contribution in [3.63, 3.8) is 0 Å². The molecule has 7 nitrogen and oxygen atoms in total. The molecule has 1 saturated heterocycles. The number of hydrogen-bond acceptors (Lipinski definition) is 5. The van der Waals surface area contributed by atoms with E-state index in [4.69, 9.17) is 0 Å². The molecule has 3 rings (SSSR count). The van der Waals surface area contributed by atoms with Crippen LogP contribution in [0.5, 0.6) is 0 Å². The fourth-order valence-electron chi connectivity index (χ4n) is 3.76. The Morgan fingerprint density at radius 2 is 1.85 bits per heavy atom. The van der Waals surface area contributed by atoms with Gasteiger partial charge < -0.3 is 10.2 Å². The third-order valence-corrected chi connectivity index (χ3v) is 7.63. The molecular formula is C23H28FN3O4S2. The third-order valence-electron chi connectivity index (χ3n) is 5.48. The van der Waals surface area contributed by atoms with Crippen LogP contribution in [-0.4, -0.2) is 56.3 Å². The molecule has 0 aromatic heterocycles. The number of halogens is 1. The van der Waals surface area contributed by atoms with Crippen LogP contribution in [0.4, 0.5) is 10.1 Å². The Balaban J connectivity index is 1.71. The van der Waals surface area contributed by atoms with Crippen LogP contribution in [0.25, 0.3) is 0 Å². The van der Waals surface area contributed by atoms with E-state index < -0.39 is 38.6 Å². The van der Waals surface area contributed by atoms with Crippen LogP contribution in [-0.2, 0) is 19.6 Å². The number of thioether (sulfide) groups is 1. The van der Waals surface area contributed by atoms with E-state index in [0.717, 1.165) is 6.07 Å². The van der Waals surface area contributed by atoms with Crippen LogP contribution in [0, 0.1) is 11.7 Å². The fraction of sp³-hybridized carbons (Fsp3) is 0.391. The molecule has 1 heterocycles. The fourth-order valence-corrected chi connectivity index (χ4v) is 5.53. The van der Waals surface area contributed by atoms with Gasteiger partial charge >= 0.3 is 0 Å². The van der Waals surface area contributed by atoms with E-state index in [1.54, 1.807) is 12.1 Å². The summed E-state index contributed by atoms with van der Waals surface area (Å²) in [5.74, 6) is -1.31. The maximum atomic E-state index is 14.1. The van der Waals surface area contributed by atoms with Gasteiger partial charge in [-0.05, 0) is 55.5 Å². The van der Waals surface area contributed by atoms with Gasteiger partial charge in [-0.15, -0.1) is 0 Å². The minimum atomic E-state index is -4.24. The molecule has 2 aromatic carbocycles. The van der Waals surface area contributed by atoms with Crippen molar-refractivity contribution in [2.24, 2.45) is 5.92 Å². The van der Waals surface area contributed by atoms with E-state index in [1.165, 1.54) is 34.9 Å². The summed E-state index contributed by atoms with van der Waals surface area (Å²) in [6, 6.07) is 13.1. The minimum absolute atomic E-state index is 0.175. The molecule has 0 aliphatic carbocycles. The maximum absolute atomic E-state index is 14.1. The number of hydrogen-bond donors (Lipinski definition) is 2. The molecule has 0 bridgehead atoms. The Morgan fingerprint density at radius 1 is 1.15 bits per heavy atom. The monoisotopic (exact) mass is 493 g/mol. The summed E-state index contributed by atoms with van der Waals surface area (Å²) in [5, 5.41) is 2.87. The normalized spacial score (nSPS) is 17.4. The van der Waals surface area contributed by atoms with E-state index in [0.29, 0.717) is 30.8 Å². The van der Waals surface area contributed by atoms with E-state index in [1.807, 2.05) is 24.5 Å². The molecule has 2 unspecified atom stereocenters. The smallest absolute Gasteiger partial charge is 0.244 e. The van der Waals surface area contributed by atoms with Crippen molar-refractivity contribution < 1.29 is 22.4 Å². The van der Waals surface area contributed by atoms with E-state index in [2.05, 4.69) is 10.0 Å². The van der Waals surface area contributed by atoms with Gasteiger partial charge in [-0.25, -0.2) is 12.8 Å². The van der Waals surface area contributed by atoms with Crippen molar-refractivity contribution in [2.75, 3.05) is 30.4 Å². The standard InChI is InChI=1S/C23H28FN3O4S2/c1-32-15-13-20(26-33(30,31)21-12-6-5-11-19(21)24)23(29)27-14-7-8-17(16-27)22(28)25-18-9-3-2-4-10-18/h2-6,9-12,17,20,26H,7-8,13-16H2,1H3,(H,25,28). The molecule has 0 saturated carbocycles. The van der Waals surface area contributed by atoms with Crippen molar-refractivity contribution in [3.8, 4) is 0 Å². The van der Waals surface area contributed by atoms with Crippen LogP contribution >= 0.6 is 11.8 Å². The average molecular weight is 494 g/mol. The van der Waals surface area contributed by atoms with Gasteiger partial charge in [-0.3, -0.25) is 9.59 Å². The highest BCUT2D eigenvalue weighted by atomic mass is 32.2. The summed E-state index contributed by atoms with van der Waals surface area (Å²) in [6.45, 7) is 0.639. The quantitative estimate of drug-likeness (QED) is 0.560. The highest BCUT2D eigenvalue weighted by Crippen LogP contribution is 2.21. The van der Waals surface area contributed by atoms with Crippen molar-refractivity contribution in [3.05, 3.63) is 60.4 Å². The lowest BCUT2D eigenvalue weighted by molar-refractivity contribution is -0.136. The molecule has 2 N–H and O–H groups in total. The Morgan fingerprint density at radius 3 is 2.55 bits per heavy atom. The number of nitrogens with zero attached hydrogens (tertiary/aromatic N) is 1. The molecule has 2 aromatic rings. The Kier molecular flexibility index (Phi) is 8.87. The number of carbonyl (C=O) groups is 2. The second kappa shape index (κ2) is 11.6. The molecule has 2 amide bonds. The SMILES string of the molecule is CSCCC(NS(=O)(=O)c1ccccc1F)C(=O)N1CCCC(C(=O)Nc2ccccc2)C1. The Bertz CT molecular complexity index is 1070. The van der Waals surface area contributed by atoms with Gasteiger partial charge in [-0.1, -0.05) is 30.3 Å². The van der Waals surface area contributed by atoms with Crippen LogP contribution < -0.4 is 10.0 Å². The number of benzene rings is 2. The van der Waals surface area contributed by atoms with Gasteiger partial charge in [0.1, 0.15) is 16.8 Å². The van der Waals surface area contributed by atoms with Crippen LogP contribution in [0.3, 0.4) is 0 Å². The predicted molar refractivity (Wildman–Crippen MR) is 128 cm³/mol. The molecule has 0 spiro atoms. The number of anilines is 1. The Hall–Kier alpha value is -2.43. The van der Waals surface area contributed by atoms with Gasteiger partial charge in [0.25, 0.3) is 0 Å². The van der Waals surface area contributed by atoms with Gasteiger partial charge in [0.2, 0.25) is 21.8 Å². The van der Waals surface area contributed by atoms with Crippen molar-refractivity contribution in [2.45, 2.75) is 30.2 Å². The van der Waals surface area contributed by atoms with Crippen molar-refractivity contribution in [1.82, 2.24) is 9.62 Å². The van der Waals surface area contributed by atoms with Crippen LogP contribution in [0.2, 0.25) is 0 Å². The molecule has 178 valence electrons. The number of piperidine rings is 1. The van der Waals surface area contributed by atoms with E-state index >= 15 is 0 Å². The van der Waals surface area contributed by atoms with Gasteiger partial charge in [0.15, 0.2) is 0 Å². The highest BCUT2D eigenvalue weighted by molar-refractivity contribution is 7.98. The van der Waals surface area contributed by atoms with E-state index in [9.17, 15) is 22.4 Å². The van der Waals surface area contributed by atoms with Crippen molar-refractivity contribution in [1.29, 1.82) is 0 Å². The summed E-state index contributed by atoms with van der Waals surface area (Å²) in [5.41, 5.74) is 0.682. The zero-order valence-electron chi connectivity index (χ0n) is 18.4. The molecule has 1 fully saturated rings. The summed E-state index contributed by atoms with van der Waals surface area (Å²) >= 11 is 1.48. The number of para-hydroxylation sites is 1. The van der Waals surface area contributed by atoms with Crippen LogP contribution in [0.1, 0.15) is 19.3 Å². The minimum Gasteiger partial charge on any atom is -0.341 e. The lowest BCUT2D eigenvalue weighted by Gasteiger charge is -2.34. The summed E-state index contributed by atoms with van der Waals surface area (Å²) in [4.78, 5) is 27.1. The molecule has 33 heavy (non-hydrogen) atoms. The molecule has 10 heteroatoms. The van der Waals surface area contributed by atoms with Gasteiger partial charge in [-0.2, -0.15) is 16.5 Å². The molecule has 1 aliphatic heterocycles. The first kappa shape index (κ1) is 25.2. The summed E-state index contributed by atoms with van der Waals surface area (Å²) in [6.07, 6.45) is 3.38. The second-order valence-corrected chi connectivity index (χ2v) is 10.5. The van der Waals surface area contributed by atoms with Gasteiger partial charge in [0.05, 0.1) is 5.92 Å². The zero-order valence-corrected chi connectivity index (χ0v) is 20.0. The molecule has 0 radical (unpaired) electrons. The first-order chi connectivity index (χ1) is 15.8. The van der Waals surface area contributed by atoms with E-state index in [-0.39, 0.29) is 18.9 Å². The Labute approximate surface area is 198 Å². The second-order valence-electron chi connectivity index (χ2n) is 7.86. The molecule has 1 aliphatic rings. The predicted octanol–water partition coefficient (Wildman–Crippen LogP) is 3.10. The first-order valence-electron chi connectivity index (χ1n) is 10.7. The lowest BCUT2D eigenvalue weighted by Crippen LogP contribution is -2.52. The number of nitrogens with one attached hydrogen (secondary N) is 2. The number of amides is 2. The maximum Gasteiger partial charge on any atom is 0.244 e. The zero-order chi connectivity index (χ0) is 23.8. The third kappa shape index (κ3) is 6.78. The number of sulfonamides is 1. The lowest BCUT2D eigenvalue weighted by atomic mass is 9.96. The number of rotatable bonds is 9. The topological polar surface area (TPSA) is 95.6 Å². The molecule has 2 atom stereocenters. The first-order valence-corrected chi connectivity index (χ1v) is 13.6. The molecular weight excluding hydrogens is 465 g/mol. The number of carbonyl (C=O) groups excluding carboxylic acids is 2. The average Bonchev–Trinajstić information content (AvgIpc) is 2.82. The van der Waals surface area contributed by atoms with Crippen LogP contribution in [0.15, 0.2) is 59.5 Å². The van der Waals surface area contributed by atoms with Gasteiger partial charge in [0, 0.05) is 18.8 Å². The summed E-state index contributed by atoms with van der Waals surface area (Å²) < 4.78 is 42.1. The largest absolute Gasteiger partial charge is 0.341 e.